The first-order chi connectivity index (χ1) is 24.2. The van der Waals surface area contributed by atoms with E-state index in [0.29, 0.717) is 17.5 Å². The number of hydrogen-bond donors (Lipinski definition) is 0. The van der Waals surface area contributed by atoms with Crippen LogP contribution < -0.4 is 0 Å². The van der Waals surface area contributed by atoms with Crippen molar-refractivity contribution in [2.75, 3.05) is 0 Å². The molecular formula is C43H28N6. The predicted molar refractivity (Wildman–Crippen MR) is 198 cm³/mol. The lowest BCUT2D eigenvalue weighted by molar-refractivity contribution is 1.07. The second-order valence-electron chi connectivity index (χ2n) is 12.0. The van der Waals surface area contributed by atoms with Gasteiger partial charge in [0.05, 0.1) is 22.2 Å². The van der Waals surface area contributed by atoms with E-state index < -0.39 is 0 Å². The van der Waals surface area contributed by atoms with Crippen molar-refractivity contribution in [3.05, 3.63) is 157 Å². The van der Waals surface area contributed by atoms with E-state index in [0.717, 1.165) is 77.5 Å². The molecule has 5 aromatic carbocycles. The number of aromatic nitrogens is 6. The maximum absolute atomic E-state index is 5.15. The van der Waals surface area contributed by atoms with Crippen LogP contribution in [0.4, 0.5) is 0 Å². The third-order valence-corrected chi connectivity index (χ3v) is 8.81. The molecule has 0 bridgehead atoms. The number of pyridine rings is 3. The maximum atomic E-state index is 5.15. The first-order valence-corrected chi connectivity index (χ1v) is 16.2. The molecule has 6 nitrogen and oxygen atoms in total. The summed E-state index contributed by atoms with van der Waals surface area (Å²) in [4.78, 5) is 30.1. The number of nitrogens with zero attached hydrogens (tertiary/aromatic N) is 6. The van der Waals surface area contributed by atoms with Crippen LogP contribution in [0.1, 0.15) is 5.69 Å². The molecule has 0 saturated heterocycles. The molecule has 4 aromatic heterocycles. The van der Waals surface area contributed by atoms with Gasteiger partial charge in [0, 0.05) is 55.9 Å². The molecule has 0 N–H and O–H groups in total. The van der Waals surface area contributed by atoms with Gasteiger partial charge in [0.2, 0.25) is 0 Å². The summed E-state index contributed by atoms with van der Waals surface area (Å²) >= 11 is 0. The number of fused-ring (bicyclic) bond motifs is 4. The Bertz CT molecular complexity index is 2670. The van der Waals surface area contributed by atoms with Crippen molar-refractivity contribution in [1.82, 2.24) is 29.9 Å². The molecule has 0 amide bonds. The van der Waals surface area contributed by atoms with Crippen LogP contribution in [-0.4, -0.2) is 29.9 Å². The monoisotopic (exact) mass is 628 g/mol. The Kier molecular flexibility index (Phi) is 6.91. The molecule has 9 rings (SSSR count). The number of rotatable bonds is 5. The molecule has 0 radical (unpaired) electrons. The molecule has 0 fully saturated rings. The quantitative estimate of drug-likeness (QED) is 0.177. The van der Waals surface area contributed by atoms with E-state index >= 15 is 0 Å². The third-order valence-electron chi connectivity index (χ3n) is 8.81. The van der Waals surface area contributed by atoms with Crippen molar-refractivity contribution in [1.29, 1.82) is 0 Å². The lowest BCUT2D eigenvalue weighted by atomic mass is 9.99. The number of benzene rings is 5. The Morgan fingerprint density at radius 1 is 0.388 bits per heavy atom. The number of aryl methyl sites for hydroxylation is 1. The van der Waals surface area contributed by atoms with Gasteiger partial charge in [0.25, 0.3) is 0 Å². The Labute approximate surface area is 282 Å². The van der Waals surface area contributed by atoms with Crippen LogP contribution in [0.5, 0.6) is 0 Å². The molecule has 6 heteroatoms. The third kappa shape index (κ3) is 5.26. The topological polar surface area (TPSA) is 77.3 Å². The molecule has 0 aliphatic carbocycles. The molecule has 230 valence electrons. The summed E-state index contributed by atoms with van der Waals surface area (Å²) < 4.78 is 0. The van der Waals surface area contributed by atoms with E-state index in [-0.39, 0.29) is 0 Å². The van der Waals surface area contributed by atoms with Crippen LogP contribution in [0.15, 0.2) is 152 Å². The van der Waals surface area contributed by atoms with Crippen molar-refractivity contribution in [3.63, 3.8) is 0 Å². The minimum absolute atomic E-state index is 0.579. The average molecular weight is 629 g/mol. The summed E-state index contributed by atoms with van der Waals surface area (Å²) in [7, 11) is 0. The Morgan fingerprint density at radius 3 is 1.88 bits per heavy atom. The lowest BCUT2D eigenvalue weighted by Gasteiger charge is -2.13. The van der Waals surface area contributed by atoms with Gasteiger partial charge in [-0.25, -0.2) is 19.9 Å². The van der Waals surface area contributed by atoms with E-state index in [1.165, 1.54) is 0 Å². The van der Waals surface area contributed by atoms with Gasteiger partial charge in [-0.2, -0.15) is 0 Å². The zero-order valence-corrected chi connectivity index (χ0v) is 26.6. The number of para-hydroxylation sites is 1. The highest BCUT2D eigenvalue weighted by Gasteiger charge is 2.18. The van der Waals surface area contributed by atoms with Crippen LogP contribution in [0.2, 0.25) is 0 Å². The second kappa shape index (κ2) is 11.9. The van der Waals surface area contributed by atoms with Crippen LogP contribution in [-0.2, 0) is 0 Å². The first kappa shape index (κ1) is 28.6. The minimum atomic E-state index is 0.579. The van der Waals surface area contributed by atoms with E-state index in [4.69, 9.17) is 29.9 Å². The summed E-state index contributed by atoms with van der Waals surface area (Å²) in [6.45, 7) is 2.00. The van der Waals surface area contributed by atoms with E-state index in [9.17, 15) is 0 Å². The van der Waals surface area contributed by atoms with Gasteiger partial charge in [0.15, 0.2) is 17.5 Å². The minimum Gasteiger partial charge on any atom is -0.256 e. The fraction of sp³-hybridized carbons (Fsp3) is 0.0233. The Morgan fingerprint density at radius 2 is 1.04 bits per heavy atom. The number of hydrogen-bond acceptors (Lipinski definition) is 6. The normalized spacial score (nSPS) is 11.4. The fourth-order valence-electron chi connectivity index (χ4n) is 6.46. The summed E-state index contributed by atoms with van der Waals surface area (Å²) in [6, 6.07) is 49.4. The van der Waals surface area contributed by atoms with Crippen molar-refractivity contribution < 1.29 is 0 Å². The summed E-state index contributed by atoms with van der Waals surface area (Å²) in [6.07, 6.45) is 1.84. The maximum Gasteiger partial charge on any atom is 0.164 e. The Hall–Kier alpha value is -6.66. The molecule has 0 aliphatic heterocycles. The molecule has 49 heavy (non-hydrogen) atoms. The van der Waals surface area contributed by atoms with Gasteiger partial charge in [-0.3, -0.25) is 9.97 Å². The van der Waals surface area contributed by atoms with Crippen LogP contribution in [0.25, 0.3) is 89.3 Å². The molecule has 9 aromatic rings. The molecule has 0 atom stereocenters. The van der Waals surface area contributed by atoms with Gasteiger partial charge in [-0.05, 0) is 36.8 Å². The highest BCUT2D eigenvalue weighted by Crippen LogP contribution is 2.35. The van der Waals surface area contributed by atoms with Crippen LogP contribution in [0.3, 0.4) is 0 Å². The summed E-state index contributed by atoms with van der Waals surface area (Å²) in [5.41, 5.74) is 10.2. The first-order valence-electron chi connectivity index (χ1n) is 16.2. The van der Waals surface area contributed by atoms with E-state index in [2.05, 4.69) is 78.9 Å². The smallest absolute Gasteiger partial charge is 0.164 e. The van der Waals surface area contributed by atoms with Crippen molar-refractivity contribution >= 4 is 32.7 Å². The lowest BCUT2D eigenvalue weighted by Crippen LogP contribution is -2.02. The summed E-state index contributed by atoms with van der Waals surface area (Å²) in [5.74, 6) is 1.77. The molecule has 0 saturated carbocycles. The van der Waals surface area contributed by atoms with Crippen molar-refractivity contribution in [2.45, 2.75) is 6.92 Å². The van der Waals surface area contributed by atoms with Gasteiger partial charge in [0.1, 0.15) is 0 Å². The SMILES string of the molecule is Cc1cc(-c2nc(-c3ccccc3)nc(-c3cccc(-c4cccc5cccnc45)c3)n2)c2ccc3ccc(-c4ccccc4)nc3c2n1. The largest absolute Gasteiger partial charge is 0.256 e. The second-order valence-corrected chi connectivity index (χ2v) is 12.0. The van der Waals surface area contributed by atoms with Gasteiger partial charge in [-0.1, -0.05) is 121 Å². The molecule has 0 spiro atoms. The highest BCUT2D eigenvalue weighted by molar-refractivity contribution is 6.08. The summed E-state index contributed by atoms with van der Waals surface area (Å²) in [5, 5.41) is 3.05. The average Bonchev–Trinajstić information content (AvgIpc) is 3.17. The highest BCUT2D eigenvalue weighted by atomic mass is 15.0. The van der Waals surface area contributed by atoms with Gasteiger partial charge < -0.3 is 0 Å². The zero-order valence-electron chi connectivity index (χ0n) is 26.6. The Balaban J connectivity index is 1.25. The fourth-order valence-corrected chi connectivity index (χ4v) is 6.46. The van der Waals surface area contributed by atoms with Crippen molar-refractivity contribution in [3.8, 4) is 56.5 Å². The molecule has 4 heterocycles. The predicted octanol–water partition coefficient (Wildman–Crippen LogP) is 10.2. The molecular weight excluding hydrogens is 601 g/mol. The van der Waals surface area contributed by atoms with Crippen molar-refractivity contribution in [2.24, 2.45) is 0 Å². The molecule has 0 unspecified atom stereocenters. The van der Waals surface area contributed by atoms with E-state index in [1.54, 1.807) is 0 Å². The zero-order chi connectivity index (χ0) is 32.7. The van der Waals surface area contributed by atoms with Crippen LogP contribution in [0, 0.1) is 6.92 Å². The van der Waals surface area contributed by atoms with Gasteiger partial charge >= 0.3 is 0 Å². The molecule has 0 aliphatic rings. The van der Waals surface area contributed by atoms with Crippen LogP contribution >= 0.6 is 0 Å². The standard InChI is InChI=1S/C43H28N6/c1-27-25-36(35-22-20-30-21-23-37(28-11-4-2-5-12-28)46-39(30)40(35)45-27)43-48-41(31-13-6-3-7-14-31)47-42(49-43)33-17-8-16-32(26-33)34-19-9-15-29-18-10-24-44-38(29)34/h2-26H,1H3. The van der Waals surface area contributed by atoms with Gasteiger partial charge in [-0.15, -0.1) is 0 Å². The van der Waals surface area contributed by atoms with E-state index in [1.807, 2.05) is 79.9 Å².